The summed E-state index contributed by atoms with van der Waals surface area (Å²) >= 11 is 0. The molecule has 1 saturated heterocycles. The summed E-state index contributed by atoms with van der Waals surface area (Å²) < 4.78 is 1.93. The van der Waals surface area contributed by atoms with Crippen LogP contribution in [0, 0.1) is 37.0 Å². The maximum atomic E-state index is 13.7. The van der Waals surface area contributed by atoms with Crippen LogP contribution in [-0.2, 0) is 11.3 Å². The summed E-state index contributed by atoms with van der Waals surface area (Å²) in [5.41, 5.74) is 5.64. The highest BCUT2D eigenvalue weighted by Crippen LogP contribution is 2.52. The van der Waals surface area contributed by atoms with Gasteiger partial charge in [0.15, 0.2) is 0 Å². The Morgan fingerprint density at radius 1 is 0.966 bits per heavy atom. The normalized spacial score (nSPS) is 21.7. The number of hydrogen-bond acceptors (Lipinski definition) is 7. The van der Waals surface area contributed by atoms with E-state index in [0.29, 0.717) is 16.5 Å². The van der Waals surface area contributed by atoms with Gasteiger partial charge in [-0.05, 0) is 131 Å². The number of carbonyl (C=O) groups excluding carboxylic acids is 2. The smallest absolute Gasteiger partial charge is 0.253 e. The number of fused-ring (bicyclic) bond motifs is 3. The number of aryl methyl sites for hydroxylation is 2. The highest BCUT2D eigenvalue weighted by molar-refractivity contribution is 6.08. The second-order valence-electron chi connectivity index (χ2n) is 18.2. The van der Waals surface area contributed by atoms with Gasteiger partial charge in [0, 0.05) is 79.6 Å². The van der Waals surface area contributed by atoms with Crippen LogP contribution in [-0.4, -0.2) is 75.7 Å². The lowest BCUT2D eigenvalue weighted by molar-refractivity contribution is -0.125. The number of nitrogens with one attached hydrogen (secondary N) is 3. The monoisotopic (exact) mass is 791 g/mol. The fraction of sp³-hybridized carbons (Fsp3) is 0.596. The van der Waals surface area contributed by atoms with Crippen LogP contribution >= 0.6 is 0 Å². The molecule has 2 amide bonds. The Morgan fingerprint density at radius 3 is 2.40 bits per heavy atom. The van der Waals surface area contributed by atoms with E-state index in [4.69, 9.17) is 4.98 Å². The number of amides is 2. The number of hydrogen-bond donors (Lipinski definition) is 3. The molecule has 4 aromatic rings. The lowest BCUT2D eigenvalue weighted by Crippen LogP contribution is -2.47. The van der Waals surface area contributed by atoms with Crippen molar-refractivity contribution in [2.75, 3.05) is 44.2 Å². The largest absolute Gasteiger partial charge is 0.356 e. The second-order valence-corrected chi connectivity index (χ2v) is 18.2. The topological polar surface area (TPSA) is 128 Å². The molecule has 58 heavy (non-hydrogen) atoms. The van der Waals surface area contributed by atoms with Crippen LogP contribution in [0.5, 0.6) is 0 Å². The maximum Gasteiger partial charge on any atom is 0.253 e. The van der Waals surface area contributed by atoms with E-state index in [1.54, 1.807) is 6.20 Å². The van der Waals surface area contributed by atoms with Crippen LogP contribution in [0.25, 0.3) is 22.0 Å². The maximum absolute atomic E-state index is 13.7. The number of pyridine rings is 2. The van der Waals surface area contributed by atoms with Crippen LogP contribution in [0.3, 0.4) is 0 Å². The average Bonchev–Trinajstić information content (AvgIpc) is 3.65. The van der Waals surface area contributed by atoms with Gasteiger partial charge in [-0.1, -0.05) is 39.5 Å². The zero-order valence-corrected chi connectivity index (χ0v) is 35.8. The molecule has 3 atom stereocenters. The Labute approximate surface area is 344 Å². The molecule has 1 aliphatic heterocycles. The Kier molecular flexibility index (Phi) is 13.1. The summed E-state index contributed by atoms with van der Waals surface area (Å²) in [5.74, 6) is 2.83. The van der Waals surface area contributed by atoms with Crippen molar-refractivity contribution in [3.05, 3.63) is 75.5 Å². The number of benzene rings is 1. The standard InChI is InChI=1S/C47H66N8O3/c1-7-47(26-35-10-8-11-36(23-35)27-47)15-14-32(4)44(56)48-16-9-17-53-18-20-54(21-19-53)43-13-12-37(28-49-43)38-24-39(41-30-51-55(31(2)3)42(41)25-38)45(57)50-29-40-33(5)22-34(6)52-46(40)58/h12-13,22,24-25,28,30-32,35-36H,7-11,14-21,23,26-27,29H2,1-6H3,(H,48,56)(H,50,57)(H,52,58)/t32-,35?,36?,47?/m1/s1. The number of aromatic nitrogens is 4. The van der Waals surface area contributed by atoms with Gasteiger partial charge in [0.2, 0.25) is 5.91 Å². The summed E-state index contributed by atoms with van der Waals surface area (Å²) in [4.78, 5) is 51.9. The number of aromatic amines is 1. The summed E-state index contributed by atoms with van der Waals surface area (Å²) in [7, 11) is 0. The predicted molar refractivity (Wildman–Crippen MR) is 233 cm³/mol. The van der Waals surface area contributed by atoms with Crippen molar-refractivity contribution < 1.29 is 9.59 Å². The lowest BCUT2D eigenvalue weighted by atomic mass is 9.58. The molecule has 3 N–H and O–H groups in total. The first-order valence-electron chi connectivity index (χ1n) is 22.1. The van der Waals surface area contributed by atoms with Gasteiger partial charge in [-0.15, -0.1) is 0 Å². The molecule has 3 aromatic heterocycles. The van der Waals surface area contributed by atoms with E-state index in [0.717, 1.165) is 103 Å². The highest BCUT2D eigenvalue weighted by atomic mass is 16.2. The summed E-state index contributed by atoms with van der Waals surface area (Å²) in [6.45, 7) is 17.9. The molecule has 7 rings (SSSR count). The van der Waals surface area contributed by atoms with E-state index < -0.39 is 0 Å². The van der Waals surface area contributed by atoms with Gasteiger partial charge in [-0.3, -0.25) is 24.0 Å². The van der Waals surface area contributed by atoms with Crippen molar-refractivity contribution in [2.24, 2.45) is 23.2 Å². The minimum absolute atomic E-state index is 0.0764. The molecule has 3 aliphatic rings. The zero-order valence-electron chi connectivity index (χ0n) is 35.8. The fourth-order valence-corrected chi connectivity index (χ4v) is 10.3. The molecule has 2 bridgehead atoms. The molecule has 2 unspecified atom stereocenters. The number of H-pyrrole nitrogens is 1. The third kappa shape index (κ3) is 9.51. The first kappa shape index (κ1) is 41.6. The third-order valence-corrected chi connectivity index (χ3v) is 13.7. The minimum atomic E-state index is -0.259. The van der Waals surface area contributed by atoms with Gasteiger partial charge >= 0.3 is 0 Å². The number of piperazine rings is 1. The Hall–Kier alpha value is -4.51. The first-order chi connectivity index (χ1) is 27.9. The fourth-order valence-electron chi connectivity index (χ4n) is 10.3. The van der Waals surface area contributed by atoms with Crippen LogP contribution in [0.4, 0.5) is 5.82 Å². The Morgan fingerprint density at radius 2 is 1.72 bits per heavy atom. The molecule has 0 radical (unpaired) electrons. The first-order valence-corrected chi connectivity index (χ1v) is 22.1. The zero-order chi connectivity index (χ0) is 41.0. The third-order valence-electron chi connectivity index (χ3n) is 13.7. The molecule has 0 spiro atoms. The van der Waals surface area contributed by atoms with E-state index >= 15 is 0 Å². The molecule has 11 nitrogen and oxygen atoms in total. The number of anilines is 1. The number of rotatable bonds is 15. The van der Waals surface area contributed by atoms with Crippen LogP contribution < -0.4 is 21.1 Å². The van der Waals surface area contributed by atoms with Gasteiger partial charge in [-0.25, -0.2) is 4.98 Å². The van der Waals surface area contributed by atoms with Crippen molar-refractivity contribution in [1.82, 2.24) is 35.3 Å². The van der Waals surface area contributed by atoms with Crippen molar-refractivity contribution in [3.63, 3.8) is 0 Å². The summed E-state index contributed by atoms with van der Waals surface area (Å²) in [6.07, 6.45) is 16.6. The van der Waals surface area contributed by atoms with Crippen molar-refractivity contribution in [2.45, 2.75) is 118 Å². The SMILES string of the molecule is CCC1(CC[C@@H](C)C(=O)NCCCN2CCN(c3ccc(-c4cc(C(=O)NCc5c(C)cc(C)[nH]c5=O)c5cnn(C(C)C)c5c4)cn3)CC2)CC2CCCC(C2)C1. The molecule has 2 aliphatic carbocycles. The van der Waals surface area contributed by atoms with E-state index in [-0.39, 0.29) is 35.9 Å². The molecule has 4 heterocycles. The Bertz CT molecular complexity index is 2100. The summed E-state index contributed by atoms with van der Waals surface area (Å²) in [5, 5.41) is 11.6. The highest BCUT2D eigenvalue weighted by Gasteiger charge is 2.41. The molecule has 2 saturated carbocycles. The van der Waals surface area contributed by atoms with Crippen LogP contribution in [0.2, 0.25) is 0 Å². The molecule has 312 valence electrons. The molecule has 11 heteroatoms. The van der Waals surface area contributed by atoms with E-state index in [2.05, 4.69) is 76.4 Å². The van der Waals surface area contributed by atoms with Gasteiger partial charge in [0.05, 0.1) is 17.3 Å². The molecule has 3 fully saturated rings. The Balaban J connectivity index is 0.897. The van der Waals surface area contributed by atoms with E-state index in [1.807, 2.05) is 36.9 Å². The van der Waals surface area contributed by atoms with Gasteiger partial charge < -0.3 is 20.5 Å². The van der Waals surface area contributed by atoms with Crippen molar-refractivity contribution in [1.29, 1.82) is 0 Å². The summed E-state index contributed by atoms with van der Waals surface area (Å²) in [6, 6.07) is 10.1. The van der Waals surface area contributed by atoms with Crippen molar-refractivity contribution >= 4 is 28.5 Å². The van der Waals surface area contributed by atoms with Crippen LogP contribution in [0.1, 0.15) is 125 Å². The van der Waals surface area contributed by atoms with E-state index in [9.17, 15) is 14.4 Å². The molecular weight excluding hydrogens is 725 g/mol. The number of carbonyl (C=O) groups is 2. The van der Waals surface area contributed by atoms with Crippen molar-refractivity contribution in [3.8, 4) is 11.1 Å². The van der Waals surface area contributed by atoms with Gasteiger partial charge in [-0.2, -0.15) is 5.10 Å². The average molecular weight is 791 g/mol. The minimum Gasteiger partial charge on any atom is -0.356 e. The predicted octanol–water partition coefficient (Wildman–Crippen LogP) is 7.96. The van der Waals surface area contributed by atoms with E-state index in [1.165, 1.54) is 51.4 Å². The quantitative estimate of drug-likeness (QED) is 0.104. The van der Waals surface area contributed by atoms with Crippen LogP contribution in [0.15, 0.2) is 47.5 Å². The van der Waals surface area contributed by atoms with Gasteiger partial charge in [0.1, 0.15) is 5.82 Å². The molecule has 1 aromatic carbocycles. The number of nitrogens with zero attached hydrogens (tertiary/aromatic N) is 5. The van der Waals surface area contributed by atoms with Gasteiger partial charge in [0.25, 0.3) is 11.5 Å². The second kappa shape index (κ2) is 18.2. The lowest BCUT2D eigenvalue weighted by Gasteiger charge is -2.47. The molecular formula is C47H66N8O3.